The summed E-state index contributed by atoms with van der Waals surface area (Å²) in [5, 5.41) is 7.37. The number of nitrogens with zero attached hydrogens (tertiary/aromatic N) is 3. The first kappa shape index (κ1) is 15.3. The number of halogens is 2. The van der Waals surface area contributed by atoms with E-state index in [9.17, 15) is 8.78 Å². The van der Waals surface area contributed by atoms with Gasteiger partial charge in [-0.1, -0.05) is 18.2 Å². The van der Waals surface area contributed by atoms with Gasteiger partial charge in [-0.15, -0.1) is 0 Å². The zero-order chi connectivity index (χ0) is 16.2. The average molecular weight is 314 g/mol. The number of hydrogen-bond acceptors (Lipinski definition) is 3. The Bertz CT molecular complexity index is 770. The monoisotopic (exact) mass is 314 g/mol. The van der Waals surface area contributed by atoms with E-state index >= 15 is 0 Å². The summed E-state index contributed by atoms with van der Waals surface area (Å²) in [5.74, 6) is -1.65. The van der Waals surface area contributed by atoms with Crippen molar-refractivity contribution in [2.24, 2.45) is 0 Å². The van der Waals surface area contributed by atoms with Gasteiger partial charge >= 0.3 is 0 Å². The van der Waals surface area contributed by atoms with Crippen LogP contribution < -0.4 is 5.32 Å². The third-order valence-corrected chi connectivity index (χ3v) is 3.67. The van der Waals surface area contributed by atoms with Gasteiger partial charge in [0.2, 0.25) is 0 Å². The molecule has 1 heterocycles. The molecule has 0 amide bonds. The number of aromatic nitrogens is 3. The summed E-state index contributed by atoms with van der Waals surface area (Å²) in [5.41, 5.74) is 2.73. The van der Waals surface area contributed by atoms with E-state index in [1.165, 1.54) is 12.4 Å². The van der Waals surface area contributed by atoms with E-state index in [4.69, 9.17) is 0 Å². The third kappa shape index (κ3) is 3.60. The normalized spacial score (nSPS) is 12.3. The van der Waals surface area contributed by atoms with Crippen LogP contribution in [-0.2, 0) is 6.54 Å². The SMILES string of the molecule is C[C@@H](NCc1ccc(F)c(F)c1)c1ccc(-n2cncn2)cc1. The molecular weight excluding hydrogens is 298 g/mol. The van der Waals surface area contributed by atoms with Gasteiger partial charge < -0.3 is 5.32 Å². The number of nitrogens with one attached hydrogen (secondary N) is 1. The molecule has 0 saturated heterocycles. The van der Waals surface area contributed by atoms with Crippen molar-refractivity contribution in [3.63, 3.8) is 0 Å². The van der Waals surface area contributed by atoms with Crippen molar-refractivity contribution in [1.29, 1.82) is 0 Å². The smallest absolute Gasteiger partial charge is 0.159 e. The highest BCUT2D eigenvalue weighted by Crippen LogP contribution is 2.16. The summed E-state index contributed by atoms with van der Waals surface area (Å²) in [6.07, 6.45) is 3.12. The Balaban J connectivity index is 1.63. The first-order valence-electron chi connectivity index (χ1n) is 7.26. The number of benzene rings is 2. The van der Waals surface area contributed by atoms with Crippen molar-refractivity contribution in [1.82, 2.24) is 20.1 Å². The predicted molar refractivity (Wildman–Crippen MR) is 83.0 cm³/mol. The second-order valence-electron chi connectivity index (χ2n) is 5.28. The fourth-order valence-corrected chi connectivity index (χ4v) is 2.30. The average Bonchev–Trinajstić information content (AvgIpc) is 3.10. The van der Waals surface area contributed by atoms with Crippen LogP contribution in [0.25, 0.3) is 5.69 Å². The Hall–Kier alpha value is -2.60. The first-order valence-corrected chi connectivity index (χ1v) is 7.26. The summed E-state index contributed by atoms with van der Waals surface area (Å²) >= 11 is 0. The Labute approximate surface area is 132 Å². The van der Waals surface area contributed by atoms with E-state index in [0.29, 0.717) is 12.1 Å². The largest absolute Gasteiger partial charge is 0.306 e. The van der Waals surface area contributed by atoms with Crippen molar-refractivity contribution in [2.75, 3.05) is 0 Å². The molecule has 0 bridgehead atoms. The van der Waals surface area contributed by atoms with Crippen LogP contribution in [0.1, 0.15) is 24.1 Å². The lowest BCUT2D eigenvalue weighted by molar-refractivity contribution is 0.504. The minimum atomic E-state index is -0.828. The van der Waals surface area contributed by atoms with Gasteiger partial charge in [-0.25, -0.2) is 18.4 Å². The van der Waals surface area contributed by atoms with Gasteiger partial charge in [-0.05, 0) is 42.3 Å². The van der Waals surface area contributed by atoms with E-state index in [0.717, 1.165) is 17.3 Å². The molecule has 0 aliphatic rings. The van der Waals surface area contributed by atoms with Gasteiger partial charge in [-0.3, -0.25) is 0 Å². The van der Waals surface area contributed by atoms with E-state index in [2.05, 4.69) is 15.4 Å². The predicted octanol–water partition coefficient (Wildman–Crippen LogP) is 3.40. The highest BCUT2D eigenvalue weighted by atomic mass is 19.2. The van der Waals surface area contributed by atoms with Crippen LogP contribution in [0, 0.1) is 11.6 Å². The van der Waals surface area contributed by atoms with Crippen molar-refractivity contribution in [3.05, 3.63) is 77.9 Å². The molecule has 118 valence electrons. The maximum atomic E-state index is 13.2. The van der Waals surface area contributed by atoms with Gasteiger partial charge in [0.1, 0.15) is 12.7 Å². The zero-order valence-electron chi connectivity index (χ0n) is 12.6. The second-order valence-corrected chi connectivity index (χ2v) is 5.28. The number of hydrogen-bond donors (Lipinski definition) is 1. The maximum absolute atomic E-state index is 13.2. The molecule has 0 fully saturated rings. The molecule has 1 aromatic heterocycles. The third-order valence-electron chi connectivity index (χ3n) is 3.67. The van der Waals surface area contributed by atoms with E-state index in [1.54, 1.807) is 17.1 Å². The van der Waals surface area contributed by atoms with Crippen molar-refractivity contribution in [3.8, 4) is 5.69 Å². The van der Waals surface area contributed by atoms with Crippen molar-refractivity contribution in [2.45, 2.75) is 19.5 Å². The quantitative estimate of drug-likeness (QED) is 0.785. The Morgan fingerprint density at radius 1 is 1.09 bits per heavy atom. The molecular formula is C17H16F2N4. The molecule has 3 aromatic rings. The van der Waals surface area contributed by atoms with E-state index in [1.807, 2.05) is 31.2 Å². The van der Waals surface area contributed by atoms with Gasteiger partial charge in [0, 0.05) is 12.6 Å². The lowest BCUT2D eigenvalue weighted by Crippen LogP contribution is -2.18. The lowest BCUT2D eigenvalue weighted by Gasteiger charge is -2.15. The molecule has 0 saturated carbocycles. The van der Waals surface area contributed by atoms with E-state index < -0.39 is 11.6 Å². The molecule has 23 heavy (non-hydrogen) atoms. The minimum Gasteiger partial charge on any atom is -0.306 e. The summed E-state index contributed by atoms with van der Waals surface area (Å²) in [6, 6.07) is 11.9. The van der Waals surface area contributed by atoms with Crippen LogP contribution in [0.5, 0.6) is 0 Å². The molecule has 3 rings (SSSR count). The fourth-order valence-electron chi connectivity index (χ4n) is 2.30. The van der Waals surface area contributed by atoms with Crippen LogP contribution in [0.2, 0.25) is 0 Å². The van der Waals surface area contributed by atoms with Crippen LogP contribution in [0.15, 0.2) is 55.1 Å². The molecule has 0 aliphatic carbocycles. The molecule has 0 unspecified atom stereocenters. The van der Waals surface area contributed by atoms with Crippen LogP contribution in [-0.4, -0.2) is 14.8 Å². The molecule has 0 spiro atoms. The van der Waals surface area contributed by atoms with Gasteiger partial charge in [0.25, 0.3) is 0 Å². The summed E-state index contributed by atoms with van der Waals surface area (Å²) in [6.45, 7) is 2.48. The first-order chi connectivity index (χ1) is 11.1. The molecule has 2 aromatic carbocycles. The fraction of sp³-hybridized carbons (Fsp3) is 0.176. The molecule has 0 aliphatic heterocycles. The summed E-state index contributed by atoms with van der Waals surface area (Å²) in [7, 11) is 0. The van der Waals surface area contributed by atoms with Crippen LogP contribution in [0.3, 0.4) is 0 Å². The topological polar surface area (TPSA) is 42.7 Å². The highest BCUT2D eigenvalue weighted by Gasteiger charge is 2.07. The van der Waals surface area contributed by atoms with Crippen LogP contribution >= 0.6 is 0 Å². The summed E-state index contributed by atoms with van der Waals surface area (Å²) in [4.78, 5) is 3.91. The maximum Gasteiger partial charge on any atom is 0.159 e. The number of rotatable bonds is 5. The van der Waals surface area contributed by atoms with Gasteiger partial charge in [-0.2, -0.15) is 5.10 Å². The lowest BCUT2D eigenvalue weighted by atomic mass is 10.1. The van der Waals surface area contributed by atoms with Crippen LogP contribution in [0.4, 0.5) is 8.78 Å². The van der Waals surface area contributed by atoms with Crippen molar-refractivity contribution < 1.29 is 8.78 Å². The summed E-state index contributed by atoms with van der Waals surface area (Å²) < 4.78 is 27.8. The Morgan fingerprint density at radius 2 is 1.87 bits per heavy atom. The Morgan fingerprint density at radius 3 is 2.52 bits per heavy atom. The van der Waals surface area contributed by atoms with Gasteiger partial charge in [0.05, 0.1) is 5.69 Å². The highest BCUT2D eigenvalue weighted by molar-refractivity contribution is 5.34. The van der Waals surface area contributed by atoms with E-state index in [-0.39, 0.29) is 6.04 Å². The van der Waals surface area contributed by atoms with Gasteiger partial charge in [0.15, 0.2) is 11.6 Å². The zero-order valence-corrected chi connectivity index (χ0v) is 12.6. The minimum absolute atomic E-state index is 0.0768. The molecule has 1 atom stereocenters. The molecule has 4 nitrogen and oxygen atoms in total. The molecule has 1 N–H and O–H groups in total. The standard InChI is InChI=1S/C17H16F2N4/c1-12(21-9-13-2-7-16(18)17(19)8-13)14-3-5-15(6-4-14)23-11-20-10-22-23/h2-8,10-12,21H,9H2,1H3/t12-/m1/s1. The Kier molecular flexibility index (Phi) is 4.43. The molecule has 0 radical (unpaired) electrons. The second kappa shape index (κ2) is 6.66. The molecule has 6 heteroatoms. The van der Waals surface area contributed by atoms with Crippen molar-refractivity contribution >= 4 is 0 Å².